The fourth-order valence-electron chi connectivity index (χ4n) is 2.72. The van der Waals surface area contributed by atoms with E-state index in [1.165, 1.54) is 18.6 Å². The molecular formula is C14H19ClFNO. The van der Waals surface area contributed by atoms with Gasteiger partial charge in [0.2, 0.25) is 0 Å². The number of hydrogen-bond donors (Lipinski definition) is 2. The van der Waals surface area contributed by atoms with E-state index in [1.807, 2.05) is 0 Å². The van der Waals surface area contributed by atoms with Crippen LogP contribution in [0.1, 0.15) is 43.7 Å². The maximum absolute atomic E-state index is 13.0. The van der Waals surface area contributed by atoms with Crippen molar-refractivity contribution in [1.29, 1.82) is 0 Å². The summed E-state index contributed by atoms with van der Waals surface area (Å²) in [7, 11) is 0. The predicted octanol–water partition coefficient (Wildman–Crippen LogP) is 3.42. The van der Waals surface area contributed by atoms with E-state index in [0.29, 0.717) is 5.56 Å². The van der Waals surface area contributed by atoms with Crippen LogP contribution in [0.3, 0.4) is 0 Å². The molecule has 1 aromatic rings. The Morgan fingerprint density at radius 1 is 1.28 bits per heavy atom. The summed E-state index contributed by atoms with van der Waals surface area (Å²) >= 11 is 5.98. The van der Waals surface area contributed by atoms with Gasteiger partial charge in [0.05, 0.1) is 12.1 Å². The van der Waals surface area contributed by atoms with Gasteiger partial charge in [-0.1, -0.05) is 36.9 Å². The van der Waals surface area contributed by atoms with Crippen LogP contribution in [0.15, 0.2) is 18.2 Å². The van der Waals surface area contributed by atoms with Crippen LogP contribution >= 0.6 is 11.6 Å². The highest BCUT2D eigenvalue weighted by molar-refractivity contribution is 6.31. The predicted molar refractivity (Wildman–Crippen MR) is 70.9 cm³/mol. The van der Waals surface area contributed by atoms with Crippen LogP contribution in [0.25, 0.3) is 0 Å². The molecule has 100 valence electrons. The first kappa shape index (κ1) is 13.8. The van der Waals surface area contributed by atoms with Crippen LogP contribution in [-0.4, -0.2) is 11.2 Å². The lowest BCUT2D eigenvalue weighted by Crippen LogP contribution is -2.34. The molecule has 0 saturated heterocycles. The van der Waals surface area contributed by atoms with Gasteiger partial charge in [-0.25, -0.2) is 4.39 Å². The minimum atomic E-state index is -0.603. The van der Waals surface area contributed by atoms with Crippen LogP contribution in [0.2, 0.25) is 5.02 Å². The first-order chi connectivity index (χ1) is 8.59. The lowest BCUT2D eigenvalue weighted by atomic mass is 9.81. The molecule has 1 aliphatic rings. The highest BCUT2D eigenvalue weighted by atomic mass is 35.5. The van der Waals surface area contributed by atoms with Crippen molar-refractivity contribution in [1.82, 2.24) is 0 Å². The van der Waals surface area contributed by atoms with Crippen molar-refractivity contribution in [2.24, 2.45) is 11.7 Å². The molecule has 0 heterocycles. The number of aliphatic hydroxyl groups is 1. The standard InChI is InChI=1S/C14H19ClFNO/c15-12-8-10(16)6-7-11(12)13(17)14(18)9-4-2-1-3-5-9/h6-9,13-14,18H,1-5,17H2/t13-,14+/m1/s1. The fourth-order valence-corrected chi connectivity index (χ4v) is 3.02. The Bertz CT molecular complexity index is 407. The average molecular weight is 272 g/mol. The van der Waals surface area contributed by atoms with E-state index in [2.05, 4.69) is 0 Å². The molecule has 0 aromatic heterocycles. The second-order valence-corrected chi connectivity index (χ2v) is 5.49. The van der Waals surface area contributed by atoms with Crippen LogP contribution < -0.4 is 5.73 Å². The molecule has 4 heteroatoms. The molecule has 1 aromatic carbocycles. The molecule has 0 radical (unpaired) electrons. The molecule has 0 amide bonds. The van der Waals surface area contributed by atoms with E-state index in [-0.39, 0.29) is 16.8 Å². The van der Waals surface area contributed by atoms with Crippen molar-refractivity contribution >= 4 is 11.6 Å². The second-order valence-electron chi connectivity index (χ2n) is 5.08. The molecule has 18 heavy (non-hydrogen) atoms. The van der Waals surface area contributed by atoms with Gasteiger partial charge in [-0.05, 0) is 36.5 Å². The summed E-state index contributed by atoms with van der Waals surface area (Å²) in [5.41, 5.74) is 6.68. The highest BCUT2D eigenvalue weighted by Crippen LogP contribution is 2.33. The van der Waals surface area contributed by atoms with Crippen LogP contribution in [0, 0.1) is 11.7 Å². The third kappa shape index (κ3) is 3.02. The molecule has 3 N–H and O–H groups in total. The molecule has 1 fully saturated rings. The molecule has 2 nitrogen and oxygen atoms in total. The Balaban J connectivity index is 2.11. The molecule has 2 atom stereocenters. The lowest BCUT2D eigenvalue weighted by molar-refractivity contribution is 0.0618. The van der Waals surface area contributed by atoms with Crippen molar-refractivity contribution in [2.45, 2.75) is 44.2 Å². The summed E-state index contributed by atoms with van der Waals surface area (Å²) in [4.78, 5) is 0. The molecular weight excluding hydrogens is 253 g/mol. The Morgan fingerprint density at radius 3 is 2.56 bits per heavy atom. The van der Waals surface area contributed by atoms with E-state index in [9.17, 15) is 9.50 Å². The number of hydrogen-bond acceptors (Lipinski definition) is 2. The largest absolute Gasteiger partial charge is 0.391 e. The first-order valence-corrected chi connectivity index (χ1v) is 6.86. The first-order valence-electron chi connectivity index (χ1n) is 6.48. The zero-order valence-corrected chi connectivity index (χ0v) is 11.0. The molecule has 0 spiro atoms. The molecule has 1 saturated carbocycles. The maximum Gasteiger partial charge on any atom is 0.124 e. The van der Waals surface area contributed by atoms with E-state index in [4.69, 9.17) is 17.3 Å². The van der Waals surface area contributed by atoms with Gasteiger partial charge in [0.15, 0.2) is 0 Å². The number of aliphatic hydroxyl groups excluding tert-OH is 1. The van der Waals surface area contributed by atoms with Crippen molar-refractivity contribution in [3.05, 3.63) is 34.6 Å². The number of nitrogens with two attached hydrogens (primary N) is 1. The molecule has 0 aliphatic heterocycles. The molecule has 0 unspecified atom stereocenters. The van der Waals surface area contributed by atoms with Gasteiger partial charge in [0.25, 0.3) is 0 Å². The minimum Gasteiger partial charge on any atom is -0.391 e. The molecule has 2 rings (SSSR count). The third-order valence-electron chi connectivity index (χ3n) is 3.82. The van der Waals surface area contributed by atoms with E-state index in [0.717, 1.165) is 25.7 Å². The monoisotopic (exact) mass is 271 g/mol. The Morgan fingerprint density at radius 2 is 1.94 bits per heavy atom. The Hall–Kier alpha value is -0.640. The zero-order chi connectivity index (χ0) is 13.1. The summed E-state index contributed by atoms with van der Waals surface area (Å²) in [5.74, 6) is -0.155. The number of benzene rings is 1. The van der Waals surface area contributed by atoms with Crippen LogP contribution in [-0.2, 0) is 0 Å². The third-order valence-corrected chi connectivity index (χ3v) is 4.15. The summed E-state index contributed by atoms with van der Waals surface area (Å²) < 4.78 is 13.0. The van der Waals surface area contributed by atoms with Gasteiger partial charge in [-0.15, -0.1) is 0 Å². The topological polar surface area (TPSA) is 46.2 Å². The summed E-state index contributed by atoms with van der Waals surface area (Å²) in [6.07, 6.45) is 4.93. The quantitative estimate of drug-likeness (QED) is 0.885. The van der Waals surface area contributed by atoms with Crippen molar-refractivity contribution < 1.29 is 9.50 Å². The van der Waals surface area contributed by atoms with Crippen molar-refractivity contribution in [3.8, 4) is 0 Å². The van der Waals surface area contributed by atoms with Gasteiger partial charge >= 0.3 is 0 Å². The van der Waals surface area contributed by atoms with E-state index in [1.54, 1.807) is 6.07 Å². The molecule has 1 aliphatic carbocycles. The molecule has 0 bridgehead atoms. The maximum atomic E-state index is 13.0. The van der Waals surface area contributed by atoms with Gasteiger partial charge in [0, 0.05) is 5.02 Å². The van der Waals surface area contributed by atoms with Crippen LogP contribution in [0.5, 0.6) is 0 Å². The minimum absolute atomic E-state index is 0.231. The van der Waals surface area contributed by atoms with E-state index >= 15 is 0 Å². The smallest absolute Gasteiger partial charge is 0.124 e. The Kier molecular flexibility index (Phi) is 4.60. The highest BCUT2D eigenvalue weighted by Gasteiger charge is 2.28. The van der Waals surface area contributed by atoms with Gasteiger partial charge in [-0.2, -0.15) is 0 Å². The summed E-state index contributed by atoms with van der Waals surface area (Å²) in [6, 6.07) is 3.59. The van der Waals surface area contributed by atoms with Gasteiger partial charge < -0.3 is 10.8 Å². The normalized spacial score (nSPS) is 20.7. The second kappa shape index (κ2) is 6.00. The lowest BCUT2D eigenvalue weighted by Gasteiger charge is -2.30. The number of halogens is 2. The van der Waals surface area contributed by atoms with Gasteiger partial charge in [-0.3, -0.25) is 0 Å². The zero-order valence-electron chi connectivity index (χ0n) is 10.3. The summed E-state index contributed by atoms with van der Waals surface area (Å²) in [5, 5.41) is 10.6. The Labute approximate surface area is 112 Å². The van der Waals surface area contributed by atoms with Crippen LogP contribution in [0.4, 0.5) is 4.39 Å². The summed E-state index contributed by atoms with van der Waals surface area (Å²) in [6.45, 7) is 0. The SMILES string of the molecule is N[C@H](c1ccc(F)cc1Cl)[C@@H](O)C1CCCCC1. The average Bonchev–Trinajstić information content (AvgIpc) is 2.38. The fraction of sp³-hybridized carbons (Fsp3) is 0.571. The van der Waals surface area contributed by atoms with Gasteiger partial charge in [0.1, 0.15) is 5.82 Å². The van der Waals surface area contributed by atoms with Crippen molar-refractivity contribution in [3.63, 3.8) is 0 Å². The van der Waals surface area contributed by atoms with Crippen molar-refractivity contribution in [2.75, 3.05) is 0 Å². The number of rotatable bonds is 3. The van der Waals surface area contributed by atoms with E-state index < -0.39 is 12.1 Å².